The average molecular weight is 436 g/mol. The summed E-state index contributed by atoms with van der Waals surface area (Å²) in [5, 5.41) is 2.85. The molecule has 1 aliphatic heterocycles. The molecule has 0 aromatic heterocycles. The Morgan fingerprint density at radius 1 is 1.10 bits per heavy atom. The molecular formula is C23H34FN3O4. The van der Waals surface area contributed by atoms with Crippen LogP contribution in [0.5, 0.6) is 0 Å². The van der Waals surface area contributed by atoms with E-state index in [9.17, 15) is 14.4 Å². The number of halogens is 1. The zero-order valence-corrected chi connectivity index (χ0v) is 18.7. The van der Waals surface area contributed by atoms with Gasteiger partial charge < -0.3 is 20.7 Å². The molecule has 5 saturated carbocycles. The van der Waals surface area contributed by atoms with E-state index >= 15 is 4.39 Å². The Morgan fingerprint density at radius 3 is 2.29 bits per heavy atom. The first-order valence-corrected chi connectivity index (χ1v) is 11.7. The number of ether oxygens (including phenoxy) is 1. The van der Waals surface area contributed by atoms with Crippen LogP contribution in [0.25, 0.3) is 0 Å². The molecule has 1 heterocycles. The highest BCUT2D eigenvalue weighted by Crippen LogP contribution is 2.64. The van der Waals surface area contributed by atoms with Gasteiger partial charge in [-0.1, -0.05) is 0 Å². The molecule has 6 fully saturated rings. The number of primary amides is 1. The van der Waals surface area contributed by atoms with Crippen molar-refractivity contribution in [3.05, 3.63) is 0 Å². The number of fused-ring (bicyclic) bond motifs is 1. The van der Waals surface area contributed by atoms with Gasteiger partial charge in [0.2, 0.25) is 11.8 Å². The number of carbonyl (C=O) groups excluding carboxylic acids is 3. The van der Waals surface area contributed by atoms with E-state index in [1.807, 2.05) is 0 Å². The minimum atomic E-state index is -1.27. The van der Waals surface area contributed by atoms with Crippen LogP contribution in [-0.2, 0) is 14.3 Å². The van der Waals surface area contributed by atoms with Crippen LogP contribution in [-0.4, -0.2) is 52.2 Å². The number of hydrogen-bond acceptors (Lipinski definition) is 4. The molecule has 0 radical (unpaired) electrons. The maximum Gasteiger partial charge on any atom is 0.408 e. The van der Waals surface area contributed by atoms with Crippen LogP contribution in [0.4, 0.5) is 9.18 Å². The Kier molecular flexibility index (Phi) is 4.46. The molecule has 6 rings (SSSR count). The second kappa shape index (κ2) is 6.58. The van der Waals surface area contributed by atoms with Crippen LogP contribution in [0.15, 0.2) is 0 Å². The van der Waals surface area contributed by atoms with Crippen molar-refractivity contribution in [1.82, 2.24) is 10.2 Å². The summed E-state index contributed by atoms with van der Waals surface area (Å²) in [6, 6.07) is -1.54. The first kappa shape index (κ1) is 21.0. The van der Waals surface area contributed by atoms with Crippen molar-refractivity contribution < 1.29 is 23.5 Å². The summed E-state index contributed by atoms with van der Waals surface area (Å²) >= 11 is 0. The molecule has 0 aromatic rings. The van der Waals surface area contributed by atoms with Crippen LogP contribution < -0.4 is 11.1 Å². The molecule has 7 nitrogen and oxygen atoms in total. The van der Waals surface area contributed by atoms with Crippen LogP contribution in [0.2, 0.25) is 0 Å². The number of nitrogens with one attached hydrogen (secondary N) is 1. The zero-order valence-electron chi connectivity index (χ0n) is 18.7. The molecule has 8 heteroatoms. The third-order valence-corrected chi connectivity index (χ3v) is 8.24. The van der Waals surface area contributed by atoms with Gasteiger partial charge >= 0.3 is 6.09 Å². The first-order chi connectivity index (χ1) is 14.4. The summed E-state index contributed by atoms with van der Waals surface area (Å²) in [7, 11) is 0. The van der Waals surface area contributed by atoms with Gasteiger partial charge in [0.05, 0.1) is 0 Å². The third-order valence-electron chi connectivity index (χ3n) is 8.24. The summed E-state index contributed by atoms with van der Waals surface area (Å²) in [5.74, 6) is -0.0240. The second-order valence-corrected chi connectivity index (χ2v) is 12.0. The minimum Gasteiger partial charge on any atom is -0.444 e. The summed E-state index contributed by atoms with van der Waals surface area (Å²) in [6.07, 6.45) is 4.61. The van der Waals surface area contributed by atoms with Gasteiger partial charge in [0.15, 0.2) is 0 Å². The lowest BCUT2D eigenvalue weighted by atomic mass is 9.46. The van der Waals surface area contributed by atoms with Gasteiger partial charge in [-0.05, 0) is 89.9 Å². The number of amides is 3. The molecule has 4 bridgehead atoms. The quantitative estimate of drug-likeness (QED) is 0.709. The number of nitrogens with zero attached hydrogens (tertiary/aromatic N) is 1. The highest BCUT2D eigenvalue weighted by Gasteiger charge is 2.65. The molecule has 31 heavy (non-hydrogen) atoms. The molecule has 5 aliphatic carbocycles. The fraction of sp³-hybridized carbons (Fsp3) is 0.870. The smallest absolute Gasteiger partial charge is 0.408 e. The molecule has 0 spiro atoms. The molecule has 0 aromatic carbocycles. The number of likely N-dealkylation sites (tertiary alicyclic amines) is 1. The molecule has 1 saturated heterocycles. The number of alkyl carbamates (subject to hydrolysis) is 1. The Bertz CT molecular complexity index is 810. The number of hydrogen-bond donors (Lipinski definition) is 2. The van der Waals surface area contributed by atoms with Gasteiger partial charge in [-0.2, -0.15) is 0 Å². The lowest BCUT2D eigenvalue weighted by Gasteiger charge is -2.61. The normalized spacial score (nSPS) is 43.4. The number of nitrogens with two attached hydrogens (primary N) is 1. The fourth-order valence-corrected chi connectivity index (χ4v) is 7.64. The molecule has 4 unspecified atom stereocenters. The Labute approximate surface area is 182 Å². The van der Waals surface area contributed by atoms with Gasteiger partial charge in [0.1, 0.15) is 23.4 Å². The largest absolute Gasteiger partial charge is 0.444 e. The standard InChI is InChI=1S/C23H34FN3O4/c1-21(2,3)31-20(30)26-17(19(29)27-15-5-14(15)6-16(27)18(25)28)22-7-12-4-13(8-22)10-23(24,9-12)11-22/h12-17H,4-11H2,1-3H3,(H2,25,28)(H,26,30)/t12?,13?,14?,15?,16-,17+,22?,23?/m0/s1. The van der Waals surface area contributed by atoms with Crippen molar-refractivity contribution in [3.63, 3.8) is 0 Å². The molecule has 3 amide bonds. The summed E-state index contributed by atoms with van der Waals surface area (Å²) < 4.78 is 21.2. The lowest BCUT2D eigenvalue weighted by Crippen LogP contribution is -2.66. The van der Waals surface area contributed by atoms with Crippen molar-refractivity contribution in [2.24, 2.45) is 28.9 Å². The maximum absolute atomic E-state index is 15.7. The Balaban J connectivity index is 1.47. The van der Waals surface area contributed by atoms with Crippen LogP contribution in [0.1, 0.15) is 72.1 Å². The zero-order chi connectivity index (χ0) is 22.3. The SMILES string of the molecule is CC(C)(C)OC(=O)N[C@H](C(=O)N1C2CC2C[C@H]1C(N)=O)C12CC3CC(CC(F)(C3)C1)C2. The molecule has 3 N–H and O–H groups in total. The van der Waals surface area contributed by atoms with Crippen molar-refractivity contribution in [3.8, 4) is 0 Å². The van der Waals surface area contributed by atoms with Crippen molar-refractivity contribution >= 4 is 17.9 Å². The average Bonchev–Trinajstić information content (AvgIpc) is 3.25. The lowest BCUT2D eigenvalue weighted by molar-refractivity contribution is -0.161. The van der Waals surface area contributed by atoms with Crippen molar-refractivity contribution in [2.75, 3.05) is 0 Å². The van der Waals surface area contributed by atoms with Crippen LogP contribution in [0.3, 0.4) is 0 Å². The predicted molar refractivity (Wildman–Crippen MR) is 110 cm³/mol. The summed E-state index contributed by atoms with van der Waals surface area (Å²) in [5.41, 5.74) is 2.99. The van der Waals surface area contributed by atoms with E-state index in [1.54, 1.807) is 25.7 Å². The third kappa shape index (κ3) is 3.59. The van der Waals surface area contributed by atoms with Gasteiger partial charge in [0, 0.05) is 11.5 Å². The predicted octanol–water partition coefficient (Wildman–Crippen LogP) is 2.66. The van der Waals surface area contributed by atoms with E-state index in [-0.39, 0.29) is 30.2 Å². The van der Waals surface area contributed by atoms with Crippen LogP contribution >= 0.6 is 0 Å². The van der Waals surface area contributed by atoms with E-state index < -0.39 is 40.8 Å². The van der Waals surface area contributed by atoms with Gasteiger partial charge in [-0.3, -0.25) is 9.59 Å². The number of carbonyl (C=O) groups is 3. The van der Waals surface area contributed by atoms with Gasteiger partial charge in [-0.25, -0.2) is 9.18 Å². The minimum absolute atomic E-state index is 0.00110. The highest BCUT2D eigenvalue weighted by atomic mass is 19.1. The molecule has 6 aliphatic rings. The number of alkyl halides is 1. The second-order valence-electron chi connectivity index (χ2n) is 12.0. The van der Waals surface area contributed by atoms with Crippen molar-refractivity contribution in [1.29, 1.82) is 0 Å². The van der Waals surface area contributed by atoms with E-state index in [0.29, 0.717) is 25.2 Å². The van der Waals surface area contributed by atoms with Crippen LogP contribution in [0, 0.1) is 23.2 Å². The van der Waals surface area contributed by atoms with E-state index in [0.717, 1.165) is 25.7 Å². The van der Waals surface area contributed by atoms with E-state index in [1.165, 1.54) is 0 Å². The maximum atomic E-state index is 15.7. The summed E-state index contributed by atoms with van der Waals surface area (Å²) in [4.78, 5) is 40.4. The molecular weight excluding hydrogens is 401 g/mol. The Hall–Kier alpha value is -1.86. The number of piperidine rings is 1. The topological polar surface area (TPSA) is 102 Å². The highest BCUT2D eigenvalue weighted by molar-refractivity contribution is 5.92. The van der Waals surface area contributed by atoms with Gasteiger partial charge in [-0.15, -0.1) is 0 Å². The molecule has 6 atom stereocenters. The van der Waals surface area contributed by atoms with E-state index in [4.69, 9.17) is 10.5 Å². The number of rotatable bonds is 4. The van der Waals surface area contributed by atoms with E-state index in [2.05, 4.69) is 5.32 Å². The molecule has 172 valence electrons. The van der Waals surface area contributed by atoms with Crippen molar-refractivity contribution in [2.45, 2.75) is 102 Å². The Morgan fingerprint density at radius 2 is 1.74 bits per heavy atom. The van der Waals surface area contributed by atoms with Gasteiger partial charge in [0.25, 0.3) is 0 Å². The first-order valence-electron chi connectivity index (χ1n) is 11.7. The monoisotopic (exact) mass is 435 g/mol. The summed E-state index contributed by atoms with van der Waals surface area (Å²) in [6.45, 7) is 5.30. The fourth-order valence-electron chi connectivity index (χ4n) is 7.64.